The Morgan fingerprint density at radius 3 is 2.55 bits per heavy atom. The Labute approximate surface area is 361 Å². The summed E-state index contributed by atoms with van der Waals surface area (Å²) in [5.41, 5.74) is 0.987. The number of hydrogen-bond donors (Lipinski definition) is 4. The smallest absolute Gasteiger partial charge is 0.407 e. The average Bonchev–Trinajstić information content (AvgIpc) is 4.16. The second kappa shape index (κ2) is 18.3. The highest BCUT2D eigenvalue weighted by Crippen LogP contribution is 2.45. The van der Waals surface area contributed by atoms with Crippen LogP contribution < -0.4 is 25.4 Å². The number of rotatable bonds is 11. The van der Waals surface area contributed by atoms with Gasteiger partial charge in [0.1, 0.15) is 35.1 Å². The number of carbonyl (C=O) groups excluding carboxylic acids is 5. The molecular formula is C45H56N6O10S. The minimum Gasteiger partial charge on any atom is -0.488 e. The summed E-state index contributed by atoms with van der Waals surface area (Å²) >= 11 is 0. The molecule has 2 saturated carbocycles. The van der Waals surface area contributed by atoms with E-state index in [1.165, 1.54) is 11.0 Å². The summed E-state index contributed by atoms with van der Waals surface area (Å²) in [6.45, 7) is 9.19. The summed E-state index contributed by atoms with van der Waals surface area (Å²) in [4.78, 5) is 74.9. The number of ether oxygens (including phenoxy) is 3. The first-order valence-electron chi connectivity index (χ1n) is 21.4. The molecule has 7 rings (SSSR count). The monoisotopic (exact) mass is 872 g/mol. The molecule has 3 heterocycles. The molecule has 332 valence electrons. The van der Waals surface area contributed by atoms with Crippen molar-refractivity contribution in [1.29, 1.82) is 0 Å². The van der Waals surface area contributed by atoms with Crippen molar-refractivity contribution in [3.05, 3.63) is 72.8 Å². The van der Waals surface area contributed by atoms with Gasteiger partial charge in [0.25, 0.3) is 5.91 Å². The van der Waals surface area contributed by atoms with Gasteiger partial charge >= 0.3 is 12.2 Å². The Morgan fingerprint density at radius 2 is 1.84 bits per heavy atom. The van der Waals surface area contributed by atoms with Gasteiger partial charge in [0, 0.05) is 35.9 Å². The first-order valence-corrected chi connectivity index (χ1v) is 23.0. The lowest BCUT2D eigenvalue weighted by Gasteiger charge is -2.29. The number of pyridine rings is 1. The summed E-state index contributed by atoms with van der Waals surface area (Å²) in [6.07, 6.45) is 3.56. The third-order valence-corrected chi connectivity index (χ3v) is 13.4. The molecule has 17 heteroatoms. The summed E-state index contributed by atoms with van der Waals surface area (Å²) < 4.78 is 45.5. The van der Waals surface area contributed by atoms with E-state index in [0.717, 1.165) is 35.8 Å². The number of amides is 5. The minimum atomic E-state index is -3.94. The van der Waals surface area contributed by atoms with E-state index in [1.807, 2.05) is 54.6 Å². The first kappa shape index (κ1) is 44.3. The van der Waals surface area contributed by atoms with E-state index in [2.05, 4.69) is 27.3 Å². The van der Waals surface area contributed by atoms with Crippen molar-refractivity contribution in [2.75, 3.05) is 19.7 Å². The van der Waals surface area contributed by atoms with Crippen LogP contribution in [0.2, 0.25) is 0 Å². The number of hydrogen-bond acceptors (Lipinski definition) is 11. The zero-order valence-corrected chi connectivity index (χ0v) is 36.3. The fourth-order valence-corrected chi connectivity index (χ4v) is 9.41. The number of alkyl carbamates (subject to hydrolysis) is 2. The highest BCUT2D eigenvalue weighted by molar-refractivity contribution is 7.91. The van der Waals surface area contributed by atoms with Gasteiger partial charge in [0.2, 0.25) is 21.8 Å². The van der Waals surface area contributed by atoms with Gasteiger partial charge < -0.3 is 35.1 Å². The third kappa shape index (κ3) is 10.7. The van der Waals surface area contributed by atoms with Gasteiger partial charge in [-0.1, -0.05) is 42.5 Å². The van der Waals surface area contributed by atoms with Crippen molar-refractivity contribution >= 4 is 50.8 Å². The fourth-order valence-electron chi connectivity index (χ4n) is 8.05. The standard InChI is InChI=1S/C45H56N6O10S/c1-5-30-26-45(30,41(54)50-62(57,58)32-18-19-32)49-39(52)37-24-31-27-51(37)40(53)35(16-12-21-46-42(55)61-44(2,3)4)48-43(56)59-22-11-7-8-13-28-17-20-34-33(23-28)38(60-31)25-36(47-34)29-14-9-6-10-15-29/h5-6,9-10,14-15,17,20,23,25,30-32,35,37H,1,7-8,11-13,16,18-19,21-22,24,26-27H2,2-4H3,(H,46,55)(H,48,56)(H,49,52)(H,50,54)/t30-,31-,35+,37+,45-/m1/s1. The molecule has 16 nitrogen and oxygen atoms in total. The molecule has 3 aromatic rings. The number of carbonyl (C=O) groups is 5. The fraction of sp³-hybridized carbons (Fsp3) is 0.511. The predicted octanol–water partition coefficient (Wildman–Crippen LogP) is 5.05. The third-order valence-electron chi connectivity index (χ3n) is 11.6. The van der Waals surface area contributed by atoms with Gasteiger partial charge in [-0.3, -0.25) is 19.1 Å². The van der Waals surface area contributed by atoms with Crippen molar-refractivity contribution in [1.82, 2.24) is 30.6 Å². The van der Waals surface area contributed by atoms with Crippen LogP contribution in [-0.4, -0.2) is 102 Å². The largest absolute Gasteiger partial charge is 0.488 e. The number of nitrogens with one attached hydrogen (secondary N) is 4. The van der Waals surface area contributed by atoms with Gasteiger partial charge in [-0.15, -0.1) is 6.58 Å². The summed E-state index contributed by atoms with van der Waals surface area (Å²) in [5, 5.41) is 8.29. The van der Waals surface area contributed by atoms with Crippen LogP contribution in [0.4, 0.5) is 9.59 Å². The first-order chi connectivity index (χ1) is 29.5. The molecule has 2 aliphatic heterocycles. The van der Waals surface area contributed by atoms with Crippen LogP contribution in [0.1, 0.15) is 84.1 Å². The van der Waals surface area contributed by atoms with Crippen LogP contribution >= 0.6 is 0 Å². The highest BCUT2D eigenvalue weighted by atomic mass is 32.2. The summed E-state index contributed by atoms with van der Waals surface area (Å²) in [7, 11) is -3.94. The van der Waals surface area contributed by atoms with Crippen LogP contribution in [0.25, 0.3) is 22.2 Å². The lowest BCUT2D eigenvalue weighted by molar-refractivity contribution is -0.141. The van der Waals surface area contributed by atoms with E-state index in [0.29, 0.717) is 36.2 Å². The molecule has 0 radical (unpaired) electrons. The number of fused-ring (bicyclic) bond motifs is 3. The van der Waals surface area contributed by atoms with E-state index in [-0.39, 0.29) is 45.4 Å². The number of sulfonamides is 1. The molecule has 0 spiro atoms. The van der Waals surface area contributed by atoms with Crippen LogP contribution in [-0.2, 0) is 40.3 Å². The van der Waals surface area contributed by atoms with Gasteiger partial charge in [-0.25, -0.2) is 23.0 Å². The maximum Gasteiger partial charge on any atom is 0.407 e. The molecule has 1 saturated heterocycles. The van der Waals surface area contributed by atoms with Crippen LogP contribution in [0.5, 0.6) is 5.75 Å². The molecule has 5 amide bonds. The molecular weight excluding hydrogens is 817 g/mol. The number of aryl methyl sites for hydroxylation is 1. The molecule has 4 bridgehead atoms. The van der Waals surface area contributed by atoms with Crippen LogP contribution in [0.3, 0.4) is 0 Å². The van der Waals surface area contributed by atoms with Gasteiger partial charge in [0.05, 0.1) is 29.6 Å². The lowest BCUT2D eigenvalue weighted by atomic mass is 10.0. The normalized spacial score (nSPS) is 24.4. The molecule has 1 aromatic heterocycles. The van der Waals surface area contributed by atoms with Crippen molar-refractivity contribution < 1.29 is 46.6 Å². The highest BCUT2D eigenvalue weighted by Gasteiger charge is 2.62. The maximum atomic E-state index is 14.8. The van der Waals surface area contributed by atoms with Gasteiger partial charge in [0.15, 0.2) is 0 Å². The van der Waals surface area contributed by atoms with E-state index < -0.39 is 80.4 Å². The Bertz CT molecular complexity index is 2310. The van der Waals surface area contributed by atoms with E-state index >= 15 is 0 Å². The van der Waals surface area contributed by atoms with Crippen LogP contribution in [0.15, 0.2) is 67.3 Å². The molecule has 62 heavy (non-hydrogen) atoms. The summed E-state index contributed by atoms with van der Waals surface area (Å²) in [6, 6.07) is 15.2. The zero-order valence-electron chi connectivity index (χ0n) is 35.4. The quantitative estimate of drug-likeness (QED) is 0.148. The molecule has 2 aliphatic carbocycles. The van der Waals surface area contributed by atoms with E-state index in [9.17, 15) is 32.4 Å². The predicted molar refractivity (Wildman–Crippen MR) is 230 cm³/mol. The average molecular weight is 873 g/mol. The second-order valence-electron chi connectivity index (χ2n) is 17.6. The van der Waals surface area contributed by atoms with Crippen LogP contribution in [0, 0.1) is 5.92 Å². The molecule has 4 aliphatic rings. The SMILES string of the molecule is C=C[C@@H]1C[C@]1(NC(=O)[C@@H]1C[C@@H]2CN1C(=O)[C@H](CCCNC(=O)OC(C)(C)C)NC(=O)OCCCCCc1ccc3nc(-c4ccccc4)cc(c3c1)O2)C(=O)NS(=O)(=O)C1CC1. The van der Waals surface area contributed by atoms with E-state index in [1.54, 1.807) is 20.8 Å². The molecule has 3 fully saturated rings. The number of benzene rings is 2. The summed E-state index contributed by atoms with van der Waals surface area (Å²) in [5.74, 6) is -2.22. The number of aromatic nitrogens is 1. The topological polar surface area (TPSA) is 211 Å². The Morgan fingerprint density at radius 1 is 1.06 bits per heavy atom. The van der Waals surface area contributed by atoms with Crippen molar-refractivity contribution in [3.63, 3.8) is 0 Å². The van der Waals surface area contributed by atoms with E-state index in [4.69, 9.17) is 19.2 Å². The second-order valence-corrected chi connectivity index (χ2v) is 19.6. The number of cyclic esters (lactones) is 1. The Balaban J connectivity index is 1.21. The van der Waals surface area contributed by atoms with Crippen molar-refractivity contribution in [2.45, 2.75) is 120 Å². The molecule has 4 N–H and O–H groups in total. The number of nitrogens with zero attached hydrogens (tertiary/aromatic N) is 2. The van der Waals surface area contributed by atoms with Gasteiger partial charge in [-0.2, -0.15) is 0 Å². The lowest BCUT2D eigenvalue weighted by Crippen LogP contribution is -2.58. The Kier molecular flexibility index (Phi) is 13.1. The molecule has 0 unspecified atom stereocenters. The maximum absolute atomic E-state index is 14.8. The molecule has 5 atom stereocenters. The van der Waals surface area contributed by atoms with Crippen molar-refractivity contribution in [2.24, 2.45) is 5.92 Å². The zero-order chi connectivity index (χ0) is 44.2. The van der Waals surface area contributed by atoms with Gasteiger partial charge in [-0.05, 0) is 96.3 Å². The minimum absolute atomic E-state index is 0.00402. The Hall–Kier alpha value is -5.71. The van der Waals surface area contributed by atoms with Crippen molar-refractivity contribution in [3.8, 4) is 17.0 Å². The molecule has 2 aromatic carbocycles.